The van der Waals surface area contributed by atoms with E-state index in [1.165, 1.54) is 18.5 Å². The minimum absolute atomic E-state index is 0.419. The van der Waals surface area contributed by atoms with Gasteiger partial charge in [0.25, 0.3) is 0 Å². The molecule has 0 aliphatic carbocycles. The number of morpholine rings is 1. The molecule has 2 saturated heterocycles. The Hall–Kier alpha value is -1.79. The highest BCUT2D eigenvalue weighted by atomic mass is 16.5. The minimum atomic E-state index is 0.419. The van der Waals surface area contributed by atoms with E-state index in [-0.39, 0.29) is 0 Å². The summed E-state index contributed by atoms with van der Waals surface area (Å²) in [5.74, 6) is 0.905. The van der Waals surface area contributed by atoms with E-state index in [2.05, 4.69) is 69.6 Å². The second kappa shape index (κ2) is 9.95. The first-order valence-electron chi connectivity index (χ1n) is 10.3. The number of piperidine rings is 1. The number of hydrogen-bond acceptors (Lipinski definition) is 4. The maximum absolute atomic E-state index is 5.55. The average molecular weight is 374 g/mol. The molecule has 1 aromatic carbocycles. The molecule has 2 aliphatic rings. The summed E-state index contributed by atoms with van der Waals surface area (Å²) >= 11 is 0. The number of rotatable bonds is 5. The Bertz CT molecular complexity index is 593. The molecule has 1 aromatic rings. The molecule has 2 heterocycles. The summed E-state index contributed by atoms with van der Waals surface area (Å²) in [6.45, 7) is 10.2. The topological polar surface area (TPSA) is 52.1 Å². The van der Waals surface area contributed by atoms with Crippen LogP contribution in [0, 0.1) is 0 Å². The van der Waals surface area contributed by atoms with Crippen molar-refractivity contribution in [1.82, 2.24) is 15.5 Å². The zero-order valence-electron chi connectivity index (χ0n) is 17.0. The third-order valence-corrected chi connectivity index (χ3v) is 5.66. The van der Waals surface area contributed by atoms with Crippen molar-refractivity contribution in [3.05, 3.63) is 30.3 Å². The quantitative estimate of drug-likeness (QED) is 0.610. The summed E-state index contributed by atoms with van der Waals surface area (Å²) in [7, 11) is 1.86. The van der Waals surface area contributed by atoms with E-state index in [0.717, 1.165) is 45.4 Å². The molecule has 0 bridgehead atoms. The number of anilines is 1. The van der Waals surface area contributed by atoms with Gasteiger partial charge < -0.3 is 20.3 Å². The highest BCUT2D eigenvalue weighted by Crippen LogP contribution is 2.19. The van der Waals surface area contributed by atoms with Gasteiger partial charge in [-0.05, 0) is 38.8 Å². The van der Waals surface area contributed by atoms with Crippen LogP contribution in [0.5, 0.6) is 0 Å². The lowest BCUT2D eigenvalue weighted by molar-refractivity contribution is -0.0174. The molecule has 2 fully saturated rings. The summed E-state index contributed by atoms with van der Waals surface area (Å²) in [6, 6.07) is 12.0. The van der Waals surface area contributed by atoms with Crippen LogP contribution in [0.4, 0.5) is 5.69 Å². The Balaban J connectivity index is 1.48. The van der Waals surface area contributed by atoms with E-state index in [0.29, 0.717) is 18.1 Å². The van der Waals surface area contributed by atoms with Crippen LogP contribution < -0.4 is 15.5 Å². The van der Waals surface area contributed by atoms with Crippen molar-refractivity contribution in [2.45, 2.75) is 44.8 Å². The maximum atomic E-state index is 5.55. The van der Waals surface area contributed by atoms with Gasteiger partial charge in [-0.2, -0.15) is 0 Å². The SMILES string of the molecule is CN=C(NCC(C)N1CCOCC1C)NC1CCCN(c2ccccc2)C1. The normalized spacial score (nSPS) is 25.9. The highest BCUT2D eigenvalue weighted by Gasteiger charge is 2.24. The van der Waals surface area contributed by atoms with Gasteiger partial charge in [-0.25, -0.2) is 0 Å². The van der Waals surface area contributed by atoms with Gasteiger partial charge in [0.15, 0.2) is 5.96 Å². The van der Waals surface area contributed by atoms with E-state index in [9.17, 15) is 0 Å². The number of nitrogens with zero attached hydrogens (tertiary/aromatic N) is 3. The molecule has 0 amide bonds. The fraction of sp³-hybridized carbons (Fsp3) is 0.667. The van der Waals surface area contributed by atoms with Gasteiger partial charge in [-0.3, -0.25) is 9.89 Å². The Morgan fingerprint density at radius 3 is 2.85 bits per heavy atom. The largest absolute Gasteiger partial charge is 0.379 e. The van der Waals surface area contributed by atoms with Gasteiger partial charge in [-0.1, -0.05) is 18.2 Å². The predicted octanol–water partition coefficient (Wildman–Crippen LogP) is 1.93. The van der Waals surface area contributed by atoms with Crippen molar-refractivity contribution < 1.29 is 4.74 Å². The van der Waals surface area contributed by atoms with Gasteiger partial charge in [-0.15, -0.1) is 0 Å². The standard InChI is InChI=1S/C21H35N5O/c1-17(26-12-13-27-16-18(26)2)14-23-21(22-3)24-19-8-7-11-25(15-19)20-9-5-4-6-10-20/h4-6,9-10,17-19H,7-8,11-16H2,1-3H3,(H2,22,23,24). The van der Waals surface area contributed by atoms with E-state index < -0.39 is 0 Å². The molecule has 0 spiro atoms. The fourth-order valence-electron chi connectivity index (χ4n) is 4.11. The fourth-order valence-corrected chi connectivity index (χ4v) is 4.11. The lowest BCUT2D eigenvalue weighted by Gasteiger charge is -2.38. The molecule has 3 unspecified atom stereocenters. The molecule has 150 valence electrons. The monoisotopic (exact) mass is 373 g/mol. The van der Waals surface area contributed by atoms with Crippen LogP contribution in [0.1, 0.15) is 26.7 Å². The van der Waals surface area contributed by atoms with Crippen LogP contribution in [-0.4, -0.2) is 75.4 Å². The average Bonchev–Trinajstić information content (AvgIpc) is 2.72. The van der Waals surface area contributed by atoms with Crippen LogP contribution in [0.2, 0.25) is 0 Å². The highest BCUT2D eigenvalue weighted by molar-refractivity contribution is 5.80. The zero-order valence-corrected chi connectivity index (χ0v) is 17.0. The van der Waals surface area contributed by atoms with Gasteiger partial charge in [0, 0.05) is 57.0 Å². The van der Waals surface area contributed by atoms with E-state index >= 15 is 0 Å². The van der Waals surface area contributed by atoms with E-state index in [4.69, 9.17) is 4.74 Å². The van der Waals surface area contributed by atoms with Crippen molar-refractivity contribution in [2.75, 3.05) is 51.3 Å². The van der Waals surface area contributed by atoms with E-state index in [1.54, 1.807) is 0 Å². The number of guanidine groups is 1. The maximum Gasteiger partial charge on any atom is 0.191 e. The van der Waals surface area contributed by atoms with Gasteiger partial charge in [0.1, 0.15) is 0 Å². The molecule has 0 aromatic heterocycles. The summed E-state index contributed by atoms with van der Waals surface area (Å²) in [5, 5.41) is 7.16. The van der Waals surface area contributed by atoms with Crippen LogP contribution in [0.25, 0.3) is 0 Å². The third-order valence-electron chi connectivity index (χ3n) is 5.66. The Morgan fingerprint density at radius 1 is 1.30 bits per heavy atom. The van der Waals surface area contributed by atoms with Crippen LogP contribution in [0.3, 0.4) is 0 Å². The van der Waals surface area contributed by atoms with Crippen molar-refractivity contribution >= 4 is 11.6 Å². The summed E-state index contributed by atoms with van der Waals surface area (Å²) in [6.07, 6.45) is 2.38. The van der Waals surface area contributed by atoms with Gasteiger partial charge >= 0.3 is 0 Å². The number of ether oxygens (including phenoxy) is 1. The smallest absolute Gasteiger partial charge is 0.191 e. The summed E-state index contributed by atoms with van der Waals surface area (Å²) in [5.41, 5.74) is 1.31. The molecular weight excluding hydrogens is 338 g/mol. The Morgan fingerprint density at radius 2 is 2.11 bits per heavy atom. The predicted molar refractivity (Wildman–Crippen MR) is 113 cm³/mol. The first-order chi connectivity index (χ1) is 13.2. The summed E-state index contributed by atoms with van der Waals surface area (Å²) in [4.78, 5) is 9.43. The van der Waals surface area contributed by atoms with Crippen molar-refractivity contribution in [3.63, 3.8) is 0 Å². The number of benzene rings is 1. The number of nitrogens with one attached hydrogen (secondary N) is 2. The molecule has 2 N–H and O–H groups in total. The minimum Gasteiger partial charge on any atom is -0.379 e. The Kier molecular flexibility index (Phi) is 7.35. The lowest BCUT2D eigenvalue weighted by atomic mass is 10.0. The second-order valence-corrected chi connectivity index (χ2v) is 7.73. The molecule has 27 heavy (non-hydrogen) atoms. The van der Waals surface area contributed by atoms with Crippen molar-refractivity contribution in [2.24, 2.45) is 4.99 Å². The number of aliphatic imine (C=N–C) groups is 1. The Labute approximate surface area is 164 Å². The molecule has 0 saturated carbocycles. The van der Waals surface area contributed by atoms with Crippen LogP contribution in [-0.2, 0) is 4.74 Å². The second-order valence-electron chi connectivity index (χ2n) is 7.73. The summed E-state index contributed by atoms with van der Waals surface area (Å²) < 4.78 is 5.55. The zero-order chi connectivity index (χ0) is 19.1. The molecule has 3 rings (SSSR count). The third kappa shape index (κ3) is 5.59. The van der Waals surface area contributed by atoms with E-state index in [1.807, 2.05) is 7.05 Å². The lowest BCUT2D eigenvalue weighted by Crippen LogP contribution is -2.55. The first kappa shape index (κ1) is 20.0. The van der Waals surface area contributed by atoms with Crippen LogP contribution in [0.15, 0.2) is 35.3 Å². The van der Waals surface area contributed by atoms with Crippen molar-refractivity contribution in [1.29, 1.82) is 0 Å². The number of para-hydroxylation sites is 1. The van der Waals surface area contributed by atoms with Crippen LogP contribution >= 0.6 is 0 Å². The molecule has 3 atom stereocenters. The van der Waals surface area contributed by atoms with Gasteiger partial charge in [0.05, 0.1) is 13.2 Å². The number of hydrogen-bond donors (Lipinski definition) is 2. The molecule has 6 nitrogen and oxygen atoms in total. The molecule has 2 aliphatic heterocycles. The first-order valence-corrected chi connectivity index (χ1v) is 10.3. The molecular formula is C21H35N5O. The van der Waals surface area contributed by atoms with Gasteiger partial charge in [0.2, 0.25) is 0 Å². The molecule has 6 heteroatoms. The molecule has 0 radical (unpaired) electrons. The van der Waals surface area contributed by atoms with Crippen molar-refractivity contribution in [3.8, 4) is 0 Å².